The summed E-state index contributed by atoms with van der Waals surface area (Å²) in [6.07, 6.45) is 8.40. The average molecular weight is 224 g/mol. The molecule has 1 amide bonds. The first-order valence-electron chi connectivity index (χ1n) is 6.71. The van der Waals surface area contributed by atoms with Crippen LogP contribution in [0, 0.1) is 5.41 Å². The van der Waals surface area contributed by atoms with Gasteiger partial charge in [-0.3, -0.25) is 4.79 Å². The third-order valence-electron chi connectivity index (χ3n) is 4.51. The molecule has 1 saturated heterocycles. The number of piperidine rings is 1. The van der Waals surface area contributed by atoms with Crippen LogP contribution in [0.2, 0.25) is 0 Å². The van der Waals surface area contributed by atoms with Crippen molar-refractivity contribution in [1.29, 1.82) is 0 Å². The van der Waals surface area contributed by atoms with E-state index in [1.165, 1.54) is 32.1 Å². The van der Waals surface area contributed by atoms with Gasteiger partial charge in [-0.25, -0.2) is 0 Å². The number of amides is 1. The molecular weight excluding hydrogens is 200 g/mol. The van der Waals surface area contributed by atoms with Crippen molar-refractivity contribution in [3.05, 3.63) is 0 Å². The molecule has 0 aromatic heterocycles. The minimum Gasteiger partial charge on any atom is -0.341 e. The van der Waals surface area contributed by atoms with Crippen molar-refractivity contribution in [2.24, 2.45) is 11.1 Å². The number of nitrogens with two attached hydrogens (primary N) is 1. The highest BCUT2D eigenvalue weighted by Crippen LogP contribution is 2.41. The summed E-state index contributed by atoms with van der Waals surface area (Å²) >= 11 is 0. The Hall–Kier alpha value is -0.570. The number of carbonyl (C=O) groups is 1. The first-order valence-corrected chi connectivity index (χ1v) is 6.71. The van der Waals surface area contributed by atoms with E-state index in [1.807, 2.05) is 4.90 Å². The van der Waals surface area contributed by atoms with Crippen LogP contribution in [0.25, 0.3) is 0 Å². The molecule has 3 nitrogen and oxygen atoms in total. The zero-order valence-electron chi connectivity index (χ0n) is 10.4. The highest BCUT2D eigenvalue weighted by Gasteiger charge is 2.37. The molecule has 2 rings (SSSR count). The molecule has 1 aliphatic heterocycles. The van der Waals surface area contributed by atoms with Gasteiger partial charge in [-0.1, -0.05) is 19.8 Å². The van der Waals surface area contributed by atoms with Crippen LogP contribution in [0.3, 0.4) is 0 Å². The van der Waals surface area contributed by atoms with Gasteiger partial charge in [0, 0.05) is 13.1 Å². The lowest BCUT2D eigenvalue weighted by atomic mass is 9.82. The molecule has 0 spiro atoms. The van der Waals surface area contributed by atoms with Crippen molar-refractivity contribution in [2.75, 3.05) is 13.1 Å². The molecule has 2 N–H and O–H groups in total. The fraction of sp³-hybridized carbons (Fsp3) is 0.923. The van der Waals surface area contributed by atoms with Crippen LogP contribution in [-0.4, -0.2) is 29.9 Å². The van der Waals surface area contributed by atoms with E-state index in [1.54, 1.807) is 0 Å². The Morgan fingerprint density at radius 1 is 1.38 bits per heavy atom. The van der Waals surface area contributed by atoms with Crippen LogP contribution in [0.1, 0.15) is 51.9 Å². The number of carbonyl (C=O) groups excluding carboxylic acids is 1. The van der Waals surface area contributed by atoms with E-state index in [4.69, 9.17) is 5.73 Å². The first-order chi connectivity index (χ1) is 7.67. The van der Waals surface area contributed by atoms with Gasteiger partial charge in [0.1, 0.15) is 0 Å². The van der Waals surface area contributed by atoms with Crippen LogP contribution in [0.4, 0.5) is 0 Å². The second-order valence-electron chi connectivity index (χ2n) is 5.57. The summed E-state index contributed by atoms with van der Waals surface area (Å²) in [4.78, 5) is 14.0. The Bertz CT molecular complexity index is 259. The number of hydrogen-bond donors (Lipinski definition) is 1. The lowest BCUT2D eigenvalue weighted by molar-refractivity contribution is -0.136. The number of likely N-dealkylation sites (tertiary alicyclic amines) is 1. The number of nitrogens with zero attached hydrogens (tertiary/aromatic N) is 1. The minimum absolute atomic E-state index is 0.186. The normalized spacial score (nSPS) is 29.8. The maximum absolute atomic E-state index is 12.0. The molecule has 1 heterocycles. The molecule has 0 aromatic rings. The van der Waals surface area contributed by atoms with E-state index in [0.29, 0.717) is 5.41 Å². The van der Waals surface area contributed by atoms with Gasteiger partial charge in [0.2, 0.25) is 5.91 Å². The van der Waals surface area contributed by atoms with E-state index in [-0.39, 0.29) is 11.9 Å². The summed E-state index contributed by atoms with van der Waals surface area (Å²) in [5, 5.41) is 0. The fourth-order valence-corrected chi connectivity index (χ4v) is 3.28. The van der Waals surface area contributed by atoms with Crippen LogP contribution >= 0.6 is 0 Å². The molecule has 2 aliphatic rings. The molecule has 1 atom stereocenters. The fourth-order valence-electron chi connectivity index (χ4n) is 3.28. The monoisotopic (exact) mass is 224 g/mol. The number of hydrogen-bond acceptors (Lipinski definition) is 2. The average Bonchev–Trinajstić information content (AvgIpc) is 2.74. The lowest BCUT2D eigenvalue weighted by Gasteiger charge is -2.38. The van der Waals surface area contributed by atoms with Crippen molar-refractivity contribution in [3.8, 4) is 0 Å². The third kappa shape index (κ3) is 2.24. The Balaban J connectivity index is 1.99. The largest absolute Gasteiger partial charge is 0.341 e. The summed E-state index contributed by atoms with van der Waals surface area (Å²) in [5.41, 5.74) is 6.25. The zero-order valence-corrected chi connectivity index (χ0v) is 10.4. The van der Waals surface area contributed by atoms with E-state index >= 15 is 0 Å². The molecule has 0 aromatic carbocycles. The van der Waals surface area contributed by atoms with Gasteiger partial charge < -0.3 is 10.6 Å². The van der Waals surface area contributed by atoms with Crippen LogP contribution in [-0.2, 0) is 4.79 Å². The maximum atomic E-state index is 12.0. The summed E-state index contributed by atoms with van der Waals surface area (Å²) in [6.45, 7) is 4.14. The van der Waals surface area contributed by atoms with Crippen molar-refractivity contribution >= 4 is 5.91 Å². The van der Waals surface area contributed by atoms with Crippen molar-refractivity contribution < 1.29 is 4.79 Å². The van der Waals surface area contributed by atoms with Crippen LogP contribution in [0.5, 0.6) is 0 Å². The number of rotatable bonds is 3. The lowest BCUT2D eigenvalue weighted by Crippen LogP contribution is -2.51. The van der Waals surface area contributed by atoms with E-state index in [9.17, 15) is 4.79 Å². The Morgan fingerprint density at radius 3 is 2.69 bits per heavy atom. The minimum atomic E-state index is -0.232. The molecule has 16 heavy (non-hydrogen) atoms. The van der Waals surface area contributed by atoms with Crippen molar-refractivity contribution in [3.63, 3.8) is 0 Å². The third-order valence-corrected chi connectivity index (χ3v) is 4.51. The maximum Gasteiger partial charge on any atom is 0.239 e. The topological polar surface area (TPSA) is 46.3 Å². The van der Waals surface area contributed by atoms with Gasteiger partial charge in [0.05, 0.1) is 6.04 Å². The second kappa shape index (κ2) is 4.74. The molecule has 2 fully saturated rings. The summed E-state index contributed by atoms with van der Waals surface area (Å²) in [5.74, 6) is 0.186. The molecular formula is C13H24N2O. The van der Waals surface area contributed by atoms with Gasteiger partial charge in [-0.15, -0.1) is 0 Å². The van der Waals surface area contributed by atoms with Gasteiger partial charge in [-0.05, 0) is 37.5 Å². The smallest absolute Gasteiger partial charge is 0.239 e. The van der Waals surface area contributed by atoms with Gasteiger partial charge in [0.15, 0.2) is 0 Å². The Labute approximate surface area is 98.4 Å². The highest BCUT2D eigenvalue weighted by molar-refractivity contribution is 5.82. The van der Waals surface area contributed by atoms with E-state index in [2.05, 4.69) is 6.92 Å². The molecule has 1 unspecified atom stereocenters. The predicted molar refractivity (Wildman–Crippen MR) is 65.0 cm³/mol. The van der Waals surface area contributed by atoms with Crippen LogP contribution in [0.15, 0.2) is 0 Å². The van der Waals surface area contributed by atoms with Gasteiger partial charge in [-0.2, -0.15) is 0 Å². The van der Waals surface area contributed by atoms with Crippen molar-refractivity contribution in [2.45, 2.75) is 57.9 Å². The van der Waals surface area contributed by atoms with Gasteiger partial charge in [0.25, 0.3) is 0 Å². The molecule has 0 bridgehead atoms. The Morgan fingerprint density at radius 2 is 2.06 bits per heavy atom. The second-order valence-corrected chi connectivity index (χ2v) is 5.57. The summed E-state index contributed by atoms with van der Waals surface area (Å²) in [7, 11) is 0. The standard InChI is InChI=1S/C13H24N2O/c1-2-13(7-3-4-8-13)10-15-9-5-6-11(14)12(15)16/h11H,2-10,14H2,1H3. The van der Waals surface area contributed by atoms with E-state index < -0.39 is 0 Å². The zero-order chi connectivity index (χ0) is 11.6. The molecule has 92 valence electrons. The first kappa shape index (κ1) is 11.9. The molecule has 1 aliphatic carbocycles. The predicted octanol–water partition coefficient (Wildman–Crippen LogP) is 1.91. The Kier molecular flexibility index (Phi) is 3.53. The summed E-state index contributed by atoms with van der Waals surface area (Å²) < 4.78 is 0. The van der Waals surface area contributed by atoms with E-state index in [0.717, 1.165) is 25.9 Å². The highest BCUT2D eigenvalue weighted by atomic mass is 16.2. The molecule has 0 radical (unpaired) electrons. The molecule has 3 heteroatoms. The van der Waals surface area contributed by atoms with Crippen LogP contribution < -0.4 is 5.73 Å². The molecule has 1 saturated carbocycles. The van der Waals surface area contributed by atoms with Gasteiger partial charge >= 0.3 is 0 Å². The quantitative estimate of drug-likeness (QED) is 0.796. The summed E-state index contributed by atoms with van der Waals surface area (Å²) in [6, 6.07) is -0.232. The van der Waals surface area contributed by atoms with Crippen molar-refractivity contribution in [1.82, 2.24) is 4.90 Å². The SMILES string of the molecule is CCC1(CN2CCCC(N)C2=O)CCCC1.